The van der Waals surface area contributed by atoms with Crippen LogP contribution in [0.5, 0.6) is 0 Å². The van der Waals surface area contributed by atoms with Gasteiger partial charge in [0.2, 0.25) is 5.91 Å². The lowest BCUT2D eigenvalue weighted by Gasteiger charge is -2.04. The lowest BCUT2D eigenvalue weighted by molar-refractivity contribution is -0.120. The van der Waals surface area contributed by atoms with Crippen molar-refractivity contribution in [2.75, 3.05) is 6.54 Å². The first-order chi connectivity index (χ1) is 10.0. The Kier molecular flexibility index (Phi) is 5.46. The maximum atomic E-state index is 11.8. The number of amides is 1. The highest BCUT2D eigenvalue weighted by Crippen LogP contribution is 2.11. The average molecular weight is 369 g/mol. The lowest BCUT2D eigenvalue weighted by Crippen LogP contribution is -2.27. The number of aromatic nitrogens is 1. The molecule has 0 aliphatic heterocycles. The van der Waals surface area contributed by atoms with Crippen LogP contribution in [0.2, 0.25) is 0 Å². The van der Waals surface area contributed by atoms with Gasteiger partial charge in [0.1, 0.15) is 0 Å². The fourth-order valence-electron chi connectivity index (χ4n) is 1.68. The van der Waals surface area contributed by atoms with Crippen LogP contribution in [0.25, 0.3) is 0 Å². The number of nitrogens with one attached hydrogen (secondary N) is 1. The van der Waals surface area contributed by atoms with Gasteiger partial charge in [-0.3, -0.25) is 4.79 Å². The number of benzene rings is 1. The number of thiazole rings is 1. The van der Waals surface area contributed by atoms with E-state index in [-0.39, 0.29) is 11.6 Å². The van der Waals surface area contributed by atoms with Crippen LogP contribution in [0.15, 0.2) is 34.1 Å². The highest BCUT2D eigenvalue weighted by atomic mass is 79.9. The third kappa shape index (κ3) is 4.95. The molecule has 7 heteroatoms. The zero-order valence-corrected chi connectivity index (χ0v) is 13.4. The van der Waals surface area contributed by atoms with Gasteiger partial charge in [0.05, 0.1) is 11.4 Å². The number of aromatic carboxylic acids is 1. The van der Waals surface area contributed by atoms with Crippen molar-refractivity contribution < 1.29 is 14.7 Å². The van der Waals surface area contributed by atoms with Crippen LogP contribution in [0, 0.1) is 0 Å². The summed E-state index contributed by atoms with van der Waals surface area (Å²) < 4.78 is 0.977. The quantitative estimate of drug-likeness (QED) is 0.820. The van der Waals surface area contributed by atoms with Gasteiger partial charge in [-0.05, 0) is 17.7 Å². The Morgan fingerprint density at radius 3 is 2.62 bits per heavy atom. The molecular weight excluding hydrogens is 356 g/mol. The van der Waals surface area contributed by atoms with Crippen LogP contribution in [0.3, 0.4) is 0 Å². The van der Waals surface area contributed by atoms with E-state index in [1.54, 1.807) is 0 Å². The molecule has 0 radical (unpaired) electrons. The molecule has 110 valence electrons. The van der Waals surface area contributed by atoms with Gasteiger partial charge in [0.25, 0.3) is 0 Å². The van der Waals surface area contributed by atoms with Gasteiger partial charge in [-0.15, -0.1) is 11.3 Å². The average Bonchev–Trinajstić information content (AvgIpc) is 2.90. The van der Waals surface area contributed by atoms with Crippen molar-refractivity contribution in [2.24, 2.45) is 0 Å². The molecule has 1 heterocycles. The van der Waals surface area contributed by atoms with Crippen LogP contribution < -0.4 is 5.32 Å². The number of halogens is 1. The van der Waals surface area contributed by atoms with Crippen molar-refractivity contribution in [3.63, 3.8) is 0 Å². The number of carboxylic acid groups (broad SMARTS) is 1. The monoisotopic (exact) mass is 368 g/mol. The van der Waals surface area contributed by atoms with Crippen LogP contribution in [0.1, 0.15) is 21.1 Å². The number of carbonyl (C=O) groups is 2. The molecule has 1 amide bonds. The van der Waals surface area contributed by atoms with E-state index >= 15 is 0 Å². The predicted octanol–water partition coefficient (Wildman–Crippen LogP) is 2.51. The summed E-state index contributed by atoms with van der Waals surface area (Å²) in [5.41, 5.74) is 0.995. The molecule has 0 fully saturated rings. The largest absolute Gasteiger partial charge is 0.476 e. The van der Waals surface area contributed by atoms with Gasteiger partial charge in [-0.25, -0.2) is 9.78 Å². The SMILES string of the molecule is O=C(Cc1ccc(Br)cc1)NCCc1nc(C(=O)O)cs1. The van der Waals surface area contributed by atoms with E-state index in [0.29, 0.717) is 24.4 Å². The first kappa shape index (κ1) is 15.7. The first-order valence-corrected chi connectivity index (χ1v) is 7.90. The zero-order chi connectivity index (χ0) is 15.2. The van der Waals surface area contributed by atoms with E-state index in [9.17, 15) is 9.59 Å². The molecular formula is C14H13BrN2O3S. The molecule has 0 bridgehead atoms. The summed E-state index contributed by atoms with van der Waals surface area (Å²) in [4.78, 5) is 26.4. The maximum absolute atomic E-state index is 11.8. The van der Waals surface area contributed by atoms with Crippen molar-refractivity contribution in [2.45, 2.75) is 12.8 Å². The second kappa shape index (κ2) is 7.33. The summed E-state index contributed by atoms with van der Waals surface area (Å²) in [5.74, 6) is -1.09. The number of hydrogen-bond donors (Lipinski definition) is 2. The minimum atomic E-state index is -1.03. The Morgan fingerprint density at radius 2 is 2.00 bits per heavy atom. The maximum Gasteiger partial charge on any atom is 0.355 e. The molecule has 2 rings (SSSR count). The number of carbonyl (C=O) groups excluding carboxylic acids is 1. The summed E-state index contributed by atoms with van der Waals surface area (Å²) in [6, 6.07) is 7.57. The topological polar surface area (TPSA) is 79.3 Å². The standard InChI is InChI=1S/C14H13BrN2O3S/c15-10-3-1-9(2-4-10)7-12(18)16-6-5-13-17-11(8-21-13)14(19)20/h1-4,8H,5-7H2,(H,16,18)(H,19,20). The summed E-state index contributed by atoms with van der Waals surface area (Å²) in [7, 11) is 0. The van der Waals surface area contributed by atoms with Crippen LogP contribution in [0.4, 0.5) is 0 Å². The summed E-state index contributed by atoms with van der Waals surface area (Å²) in [5, 5.41) is 13.8. The number of nitrogens with zero attached hydrogens (tertiary/aromatic N) is 1. The molecule has 5 nitrogen and oxygen atoms in total. The van der Waals surface area contributed by atoms with E-state index in [1.165, 1.54) is 16.7 Å². The summed E-state index contributed by atoms with van der Waals surface area (Å²) >= 11 is 4.63. The Morgan fingerprint density at radius 1 is 1.29 bits per heavy atom. The Balaban J connectivity index is 1.76. The fraction of sp³-hybridized carbons (Fsp3) is 0.214. The molecule has 0 aliphatic carbocycles. The molecule has 0 saturated carbocycles. The van der Waals surface area contributed by atoms with Gasteiger partial charge >= 0.3 is 5.97 Å². The first-order valence-electron chi connectivity index (χ1n) is 6.23. The van der Waals surface area contributed by atoms with Crippen LogP contribution in [-0.4, -0.2) is 28.5 Å². The highest BCUT2D eigenvalue weighted by molar-refractivity contribution is 9.10. The van der Waals surface area contributed by atoms with Crippen molar-refractivity contribution >= 4 is 39.1 Å². The Bertz CT molecular complexity index is 640. The third-order valence-corrected chi connectivity index (χ3v) is 4.15. The molecule has 21 heavy (non-hydrogen) atoms. The van der Waals surface area contributed by atoms with Gasteiger partial charge in [0.15, 0.2) is 5.69 Å². The summed E-state index contributed by atoms with van der Waals surface area (Å²) in [6.45, 7) is 0.446. The Labute approximate surface area is 134 Å². The molecule has 0 aliphatic rings. The van der Waals surface area contributed by atoms with E-state index < -0.39 is 5.97 Å². The molecule has 0 unspecified atom stereocenters. The lowest BCUT2D eigenvalue weighted by atomic mass is 10.1. The molecule has 1 aromatic heterocycles. The summed E-state index contributed by atoms with van der Waals surface area (Å²) in [6.07, 6.45) is 0.857. The fourth-order valence-corrected chi connectivity index (χ4v) is 2.72. The molecule has 0 atom stereocenters. The normalized spacial score (nSPS) is 10.3. The minimum absolute atomic E-state index is 0.0520. The number of carboxylic acids is 1. The third-order valence-electron chi connectivity index (χ3n) is 2.71. The number of hydrogen-bond acceptors (Lipinski definition) is 4. The van der Waals surface area contributed by atoms with Crippen molar-refractivity contribution in [1.29, 1.82) is 0 Å². The van der Waals surface area contributed by atoms with E-state index in [2.05, 4.69) is 26.2 Å². The molecule has 0 spiro atoms. The molecule has 2 aromatic rings. The Hall–Kier alpha value is -1.73. The number of rotatable bonds is 6. The van der Waals surface area contributed by atoms with Gasteiger partial charge in [0, 0.05) is 22.8 Å². The molecule has 1 aromatic carbocycles. The minimum Gasteiger partial charge on any atom is -0.476 e. The van der Waals surface area contributed by atoms with Crippen molar-refractivity contribution in [3.05, 3.63) is 50.4 Å². The smallest absolute Gasteiger partial charge is 0.355 e. The van der Waals surface area contributed by atoms with Gasteiger partial charge in [-0.1, -0.05) is 28.1 Å². The van der Waals surface area contributed by atoms with Gasteiger partial charge < -0.3 is 10.4 Å². The zero-order valence-electron chi connectivity index (χ0n) is 11.0. The van der Waals surface area contributed by atoms with Gasteiger partial charge in [-0.2, -0.15) is 0 Å². The van der Waals surface area contributed by atoms with E-state index in [0.717, 1.165) is 10.0 Å². The van der Waals surface area contributed by atoms with E-state index in [1.807, 2.05) is 24.3 Å². The van der Waals surface area contributed by atoms with Crippen LogP contribution in [-0.2, 0) is 17.6 Å². The van der Waals surface area contributed by atoms with E-state index in [4.69, 9.17) is 5.11 Å². The predicted molar refractivity (Wildman–Crippen MR) is 83.6 cm³/mol. The van der Waals surface area contributed by atoms with Crippen LogP contribution >= 0.6 is 27.3 Å². The second-order valence-electron chi connectivity index (χ2n) is 4.33. The van der Waals surface area contributed by atoms with Crippen molar-refractivity contribution in [3.8, 4) is 0 Å². The molecule has 0 saturated heterocycles. The second-order valence-corrected chi connectivity index (χ2v) is 6.19. The van der Waals surface area contributed by atoms with Crippen molar-refractivity contribution in [1.82, 2.24) is 10.3 Å². The highest BCUT2D eigenvalue weighted by Gasteiger charge is 2.09. The molecule has 2 N–H and O–H groups in total.